The van der Waals surface area contributed by atoms with Crippen LogP contribution in [0.1, 0.15) is 61.9 Å². The molecule has 5 nitrogen and oxygen atoms in total. The highest BCUT2D eigenvalue weighted by Crippen LogP contribution is 2.40. The van der Waals surface area contributed by atoms with E-state index in [4.69, 9.17) is 4.74 Å². The highest BCUT2D eigenvalue weighted by atomic mass is 16.5. The number of benzene rings is 1. The van der Waals surface area contributed by atoms with E-state index in [9.17, 15) is 9.90 Å². The van der Waals surface area contributed by atoms with Gasteiger partial charge in [0.05, 0.1) is 24.8 Å². The van der Waals surface area contributed by atoms with Crippen LogP contribution in [0.4, 0.5) is 0 Å². The van der Waals surface area contributed by atoms with Crippen LogP contribution in [0, 0.1) is 12.3 Å². The lowest BCUT2D eigenvalue weighted by atomic mass is 9.72. The summed E-state index contributed by atoms with van der Waals surface area (Å²) in [7, 11) is 3.53. The number of ether oxygens (including phenoxy) is 1. The van der Waals surface area contributed by atoms with Crippen molar-refractivity contribution in [3.05, 3.63) is 46.8 Å². The first-order chi connectivity index (χ1) is 12.8. The molecule has 2 rings (SSSR count). The molecule has 0 saturated carbocycles. The Labute approximate surface area is 162 Å². The van der Waals surface area contributed by atoms with Crippen LogP contribution in [0.25, 0.3) is 0 Å². The minimum absolute atomic E-state index is 0.00488. The lowest BCUT2D eigenvalue weighted by molar-refractivity contribution is -0.152. The SMILES string of the molecule is CCCn1cc(CCC(c2ccc(C)c(CO)c2)C(C)(C)C(=O)OC)n1C. The molecule has 0 amide bonds. The van der Waals surface area contributed by atoms with E-state index in [1.54, 1.807) is 0 Å². The van der Waals surface area contributed by atoms with Gasteiger partial charge in [-0.15, -0.1) is 0 Å². The number of carbonyl (C=O) groups excluding carboxylic acids is 1. The van der Waals surface area contributed by atoms with Gasteiger partial charge in [0.2, 0.25) is 0 Å². The second-order valence-corrected chi connectivity index (χ2v) is 7.96. The summed E-state index contributed by atoms with van der Waals surface area (Å²) in [5.41, 5.74) is 3.68. The molecule has 1 unspecified atom stereocenters. The number of aryl methyl sites for hydroxylation is 3. The predicted octanol–water partition coefficient (Wildman–Crippen LogP) is 3.95. The van der Waals surface area contributed by atoms with E-state index < -0.39 is 5.41 Å². The van der Waals surface area contributed by atoms with Crippen molar-refractivity contribution in [1.82, 2.24) is 9.36 Å². The zero-order valence-electron chi connectivity index (χ0n) is 17.6. The Morgan fingerprint density at radius 1 is 1.33 bits per heavy atom. The number of esters is 1. The first kappa shape index (κ1) is 21.3. The third-order valence-electron chi connectivity index (χ3n) is 5.77. The molecule has 0 aliphatic rings. The highest BCUT2D eigenvalue weighted by molar-refractivity contribution is 5.77. The molecule has 1 atom stereocenters. The summed E-state index contributed by atoms with van der Waals surface area (Å²) < 4.78 is 9.50. The van der Waals surface area contributed by atoms with Crippen LogP contribution in [-0.2, 0) is 36.2 Å². The van der Waals surface area contributed by atoms with Crippen molar-refractivity contribution in [3.8, 4) is 0 Å². The molecule has 2 aromatic rings. The number of hydrogen-bond acceptors (Lipinski definition) is 3. The Morgan fingerprint density at radius 2 is 2.04 bits per heavy atom. The minimum atomic E-state index is -0.650. The van der Waals surface area contributed by atoms with Crippen molar-refractivity contribution < 1.29 is 14.6 Å². The Hall–Kier alpha value is -2.01. The number of aliphatic hydroxyl groups is 1. The number of methoxy groups -OCH3 is 1. The van der Waals surface area contributed by atoms with Crippen LogP contribution in [0.5, 0.6) is 0 Å². The molecule has 0 spiro atoms. The summed E-state index contributed by atoms with van der Waals surface area (Å²) in [6.45, 7) is 9.09. The second-order valence-electron chi connectivity index (χ2n) is 7.96. The molecule has 27 heavy (non-hydrogen) atoms. The van der Waals surface area contributed by atoms with Gasteiger partial charge in [0.1, 0.15) is 0 Å². The van der Waals surface area contributed by atoms with Gasteiger partial charge in [-0.1, -0.05) is 25.1 Å². The predicted molar refractivity (Wildman–Crippen MR) is 108 cm³/mol. The first-order valence-electron chi connectivity index (χ1n) is 9.75. The van der Waals surface area contributed by atoms with Gasteiger partial charge in [-0.05, 0) is 62.6 Å². The van der Waals surface area contributed by atoms with E-state index in [0.717, 1.165) is 42.5 Å². The molecule has 0 aliphatic carbocycles. The van der Waals surface area contributed by atoms with Crippen LogP contribution in [0.15, 0.2) is 24.4 Å². The van der Waals surface area contributed by atoms with E-state index >= 15 is 0 Å². The lowest BCUT2D eigenvalue weighted by Crippen LogP contribution is -2.33. The van der Waals surface area contributed by atoms with Crippen molar-refractivity contribution in [2.24, 2.45) is 12.5 Å². The average Bonchev–Trinajstić information content (AvgIpc) is 2.66. The fourth-order valence-electron chi connectivity index (χ4n) is 3.84. The summed E-state index contributed by atoms with van der Waals surface area (Å²) in [6, 6.07) is 6.14. The first-order valence-corrected chi connectivity index (χ1v) is 9.75. The molecule has 150 valence electrons. The van der Waals surface area contributed by atoms with Gasteiger partial charge in [0, 0.05) is 19.8 Å². The van der Waals surface area contributed by atoms with Gasteiger partial charge in [-0.25, -0.2) is 0 Å². The molecule has 5 heteroatoms. The number of hydrogen-bond donors (Lipinski definition) is 1. The van der Waals surface area contributed by atoms with Gasteiger partial charge in [0.25, 0.3) is 0 Å². The Morgan fingerprint density at radius 3 is 2.59 bits per heavy atom. The molecule has 0 saturated heterocycles. The van der Waals surface area contributed by atoms with Gasteiger partial charge >= 0.3 is 5.97 Å². The number of rotatable bonds is 9. The van der Waals surface area contributed by atoms with Crippen LogP contribution in [0.3, 0.4) is 0 Å². The minimum Gasteiger partial charge on any atom is -0.469 e. The summed E-state index contributed by atoms with van der Waals surface area (Å²) in [5, 5.41) is 9.65. The van der Waals surface area contributed by atoms with Crippen molar-refractivity contribution in [1.29, 1.82) is 0 Å². The average molecular weight is 375 g/mol. The lowest BCUT2D eigenvalue weighted by Gasteiger charge is -2.33. The van der Waals surface area contributed by atoms with Crippen molar-refractivity contribution in [3.63, 3.8) is 0 Å². The molecule has 0 radical (unpaired) electrons. The zero-order chi connectivity index (χ0) is 20.2. The molecule has 1 N–H and O–H groups in total. The van der Waals surface area contributed by atoms with Crippen LogP contribution >= 0.6 is 0 Å². The standard InChI is InChI=1S/C22H34N2O3/c1-7-12-24-14-19(23(24)5)10-11-20(22(3,4)21(26)27-6)17-9-8-16(2)18(13-17)15-25/h8-9,13-14,20,25H,7,10-12,15H2,1-6H3. The van der Waals surface area contributed by atoms with E-state index in [2.05, 4.69) is 35.6 Å². The molecular formula is C22H34N2O3. The maximum atomic E-state index is 12.5. The van der Waals surface area contributed by atoms with Crippen LogP contribution in [-0.4, -0.2) is 27.5 Å². The molecule has 1 aromatic carbocycles. The number of aliphatic hydroxyl groups excluding tert-OH is 1. The van der Waals surface area contributed by atoms with Crippen LogP contribution in [0.2, 0.25) is 0 Å². The number of nitrogens with zero attached hydrogens (tertiary/aromatic N) is 2. The monoisotopic (exact) mass is 374 g/mol. The summed E-state index contributed by atoms with van der Waals surface area (Å²) in [4.78, 5) is 12.5. The topological polar surface area (TPSA) is 56.4 Å². The van der Waals surface area contributed by atoms with E-state index in [0.29, 0.717) is 0 Å². The maximum Gasteiger partial charge on any atom is 0.311 e. The zero-order valence-corrected chi connectivity index (χ0v) is 17.6. The molecule has 0 bridgehead atoms. The molecular weight excluding hydrogens is 340 g/mol. The molecule has 0 aliphatic heterocycles. The molecule has 0 fully saturated rings. The Bertz CT molecular complexity index is 771. The van der Waals surface area contributed by atoms with E-state index in [1.807, 2.05) is 32.9 Å². The third-order valence-corrected chi connectivity index (χ3v) is 5.77. The highest BCUT2D eigenvalue weighted by Gasteiger charge is 2.38. The van der Waals surface area contributed by atoms with Gasteiger partial charge in [-0.2, -0.15) is 0 Å². The van der Waals surface area contributed by atoms with Crippen molar-refractivity contribution >= 4 is 5.97 Å². The van der Waals surface area contributed by atoms with Gasteiger partial charge in [0.15, 0.2) is 0 Å². The van der Waals surface area contributed by atoms with Crippen molar-refractivity contribution in [2.45, 2.75) is 66.0 Å². The molecule has 1 heterocycles. The quantitative estimate of drug-likeness (QED) is 0.676. The van der Waals surface area contributed by atoms with Gasteiger partial charge in [-0.3, -0.25) is 14.2 Å². The van der Waals surface area contributed by atoms with Gasteiger partial charge < -0.3 is 9.84 Å². The Balaban J connectivity index is 2.30. The smallest absolute Gasteiger partial charge is 0.311 e. The van der Waals surface area contributed by atoms with Crippen LogP contribution < -0.4 is 0 Å². The van der Waals surface area contributed by atoms with E-state index in [-0.39, 0.29) is 18.5 Å². The summed E-state index contributed by atoms with van der Waals surface area (Å²) in [6.07, 6.45) is 5.04. The fraction of sp³-hybridized carbons (Fsp3) is 0.591. The fourth-order valence-corrected chi connectivity index (χ4v) is 3.84. The normalized spacial score (nSPS) is 13.0. The molecule has 1 aromatic heterocycles. The summed E-state index contributed by atoms with van der Waals surface area (Å²) in [5.74, 6) is -0.201. The largest absolute Gasteiger partial charge is 0.469 e. The van der Waals surface area contributed by atoms with Crippen molar-refractivity contribution in [2.75, 3.05) is 7.11 Å². The Kier molecular flexibility index (Phi) is 6.93. The number of carbonyl (C=O) groups is 1. The second kappa shape index (κ2) is 8.79. The maximum absolute atomic E-state index is 12.5. The number of aromatic nitrogens is 2. The third kappa shape index (κ3) is 4.46. The van der Waals surface area contributed by atoms with E-state index in [1.165, 1.54) is 12.8 Å². The summed E-state index contributed by atoms with van der Waals surface area (Å²) >= 11 is 0.